The van der Waals surface area contributed by atoms with E-state index < -0.39 is 82.8 Å². The number of ketones is 1. The van der Waals surface area contributed by atoms with Gasteiger partial charge in [0.15, 0.2) is 22.6 Å². The molecule has 0 heterocycles. The molecule has 4 aliphatic carbocycles. The van der Waals surface area contributed by atoms with Gasteiger partial charge in [0.25, 0.3) is 0 Å². The number of hydrogen-bond donors (Lipinski definition) is 1. The maximum absolute atomic E-state index is 17.3. The monoisotopic (exact) mass is 566 g/mol. The Balaban J connectivity index is 1.88. The Kier molecular flexibility index (Phi) is 6.93. The van der Waals surface area contributed by atoms with Gasteiger partial charge in [-0.25, -0.2) is 13.6 Å². The van der Waals surface area contributed by atoms with Gasteiger partial charge in [-0.3, -0.25) is 9.59 Å². The molecule has 10 atom stereocenters. The first kappa shape index (κ1) is 27.3. The van der Waals surface area contributed by atoms with Gasteiger partial charge in [-0.1, -0.05) is 55.3 Å². The van der Waals surface area contributed by atoms with E-state index in [2.05, 4.69) is 0 Å². The number of thiocarbonyl (C=S) groups is 1. The van der Waals surface area contributed by atoms with Crippen molar-refractivity contribution < 1.29 is 33.0 Å². The van der Waals surface area contributed by atoms with Gasteiger partial charge in [-0.05, 0) is 58.4 Å². The molecule has 0 bridgehead atoms. The number of aliphatic hydroxyl groups is 1. The van der Waals surface area contributed by atoms with Crippen molar-refractivity contribution in [2.24, 2.45) is 28.6 Å². The number of alkyl halides is 4. The Morgan fingerprint density at radius 2 is 1.97 bits per heavy atom. The normalized spacial score (nSPS) is 46.7. The first-order chi connectivity index (χ1) is 16.2. The van der Waals surface area contributed by atoms with E-state index in [0.29, 0.717) is 0 Å². The lowest BCUT2D eigenvalue weighted by molar-refractivity contribution is -0.228. The lowest BCUT2D eigenvalue weighted by Crippen LogP contribution is -2.70. The van der Waals surface area contributed by atoms with E-state index in [-0.39, 0.29) is 24.8 Å². The zero-order valence-electron chi connectivity index (χ0n) is 19.4. The molecule has 0 aromatic heterocycles. The maximum Gasteiger partial charge on any atom is 0.340 e. The lowest BCUT2D eigenvalue weighted by Gasteiger charge is -2.63. The van der Waals surface area contributed by atoms with E-state index in [0.717, 1.165) is 6.08 Å². The first-order valence-corrected chi connectivity index (χ1v) is 13.8. The molecule has 0 radical (unpaired) electrons. The number of allylic oxidation sites excluding steroid dienone is 4. The summed E-state index contributed by atoms with van der Waals surface area (Å²) in [6.07, 6.45) is 0.176. The van der Waals surface area contributed by atoms with Crippen LogP contribution in [0.25, 0.3) is 0 Å². The van der Waals surface area contributed by atoms with Crippen LogP contribution in [0.2, 0.25) is 0 Å². The zero-order chi connectivity index (χ0) is 26.1. The number of aliphatic hydroxyl groups excluding tert-OH is 1. The van der Waals surface area contributed by atoms with Crippen molar-refractivity contribution in [1.29, 1.82) is 0 Å². The van der Waals surface area contributed by atoms with Crippen molar-refractivity contribution in [1.82, 2.24) is 0 Å². The van der Waals surface area contributed by atoms with Crippen molar-refractivity contribution in [3.05, 3.63) is 23.8 Å². The molecule has 35 heavy (non-hydrogen) atoms. The average Bonchev–Trinajstić information content (AvgIpc) is 2.99. The van der Waals surface area contributed by atoms with Crippen molar-refractivity contribution >= 4 is 66.4 Å². The van der Waals surface area contributed by atoms with Crippen LogP contribution in [0.15, 0.2) is 23.8 Å². The van der Waals surface area contributed by atoms with Crippen molar-refractivity contribution in [2.45, 2.75) is 68.4 Å². The Labute approximate surface area is 219 Å². The minimum absolute atomic E-state index is 0.0144. The molecule has 0 aliphatic heterocycles. The highest BCUT2D eigenvalue weighted by molar-refractivity contribution is 7.95. The quantitative estimate of drug-likeness (QED) is 0.223. The number of carbonyl (C=O) groups excluding carboxylic acids is 3. The second kappa shape index (κ2) is 8.90. The molecule has 0 amide bonds. The Bertz CT molecular complexity index is 1050. The SMILES string of the molecule is CC1CC2C3C[C@H](F)C4=CC(=O)C=CC4(C)[C@@]3(F)[C@@H](O)CC2(C)[C@@]1(OC(=O)C(Cl)Cl)C(=O)PC=S. The fraction of sp³-hybridized carbons (Fsp3) is 0.667. The molecule has 0 aromatic rings. The molecule has 3 fully saturated rings. The van der Waals surface area contributed by atoms with Crippen LogP contribution in [0.4, 0.5) is 8.78 Å². The van der Waals surface area contributed by atoms with Gasteiger partial charge in [0.05, 0.1) is 6.10 Å². The summed E-state index contributed by atoms with van der Waals surface area (Å²) >= 11 is 16.4. The number of carbonyl (C=O) groups is 3. The largest absolute Gasteiger partial charge is 0.448 e. The second-order valence-electron chi connectivity index (χ2n) is 10.5. The van der Waals surface area contributed by atoms with E-state index >= 15 is 8.78 Å². The number of hydrogen-bond acceptors (Lipinski definition) is 6. The van der Waals surface area contributed by atoms with Gasteiger partial charge in [0.1, 0.15) is 6.17 Å². The van der Waals surface area contributed by atoms with Gasteiger partial charge in [0, 0.05) is 27.8 Å². The number of rotatable bonds is 5. The van der Waals surface area contributed by atoms with Crippen molar-refractivity contribution in [3.8, 4) is 0 Å². The number of fused-ring (bicyclic) bond motifs is 5. The summed E-state index contributed by atoms with van der Waals surface area (Å²) in [5.74, 6) is -3.68. The Hall–Kier alpha value is -0.790. The van der Waals surface area contributed by atoms with E-state index in [1.807, 2.05) is 0 Å². The van der Waals surface area contributed by atoms with E-state index in [1.165, 1.54) is 24.2 Å². The molecular formula is C24H27Cl2F2O5PS. The predicted molar refractivity (Wildman–Crippen MR) is 134 cm³/mol. The van der Waals surface area contributed by atoms with Crippen LogP contribution in [0.3, 0.4) is 0 Å². The van der Waals surface area contributed by atoms with Gasteiger partial charge in [-0.2, -0.15) is 0 Å². The zero-order valence-corrected chi connectivity index (χ0v) is 22.7. The molecule has 3 saturated carbocycles. The number of esters is 1. The summed E-state index contributed by atoms with van der Waals surface area (Å²) in [4.78, 5) is 36.6. The van der Waals surface area contributed by atoms with E-state index in [4.69, 9.17) is 40.2 Å². The van der Waals surface area contributed by atoms with Crippen molar-refractivity contribution in [3.63, 3.8) is 0 Å². The van der Waals surface area contributed by atoms with E-state index in [9.17, 15) is 19.5 Å². The number of halogens is 4. The third-order valence-electron chi connectivity index (χ3n) is 9.14. The molecule has 0 saturated heterocycles. The smallest absolute Gasteiger partial charge is 0.340 e. The van der Waals surface area contributed by atoms with E-state index in [1.54, 1.807) is 13.8 Å². The average molecular weight is 567 g/mol. The molecule has 0 aromatic carbocycles. The number of ether oxygens (including phenoxy) is 1. The summed E-state index contributed by atoms with van der Waals surface area (Å²) in [7, 11) is -0.491. The Morgan fingerprint density at radius 3 is 2.57 bits per heavy atom. The standard InChI is InChI=1S/C24H27Cl2F2O5PS/c1-11-6-13-14-8-16(27)15-7-12(29)4-5-21(15,2)23(14,28)17(30)9-22(13,3)24(11,20(32)34-10-35)33-19(31)18(25)26/h4-5,7,10-11,13-14,16-18,30,34H,6,8-9H2,1-3H3/t11?,13?,14?,16-,17-,21?,22?,23-,24-/m0/s1. The molecule has 5 nitrogen and oxygen atoms in total. The highest BCUT2D eigenvalue weighted by Gasteiger charge is 2.78. The summed E-state index contributed by atoms with van der Waals surface area (Å²) in [6.45, 7) is 4.90. The fourth-order valence-electron chi connectivity index (χ4n) is 7.64. The molecule has 6 unspecified atom stereocenters. The maximum atomic E-state index is 17.3. The van der Waals surface area contributed by atoms with Crippen LogP contribution in [0, 0.1) is 28.6 Å². The molecule has 11 heteroatoms. The van der Waals surface area contributed by atoms with Gasteiger partial charge in [0.2, 0.25) is 4.84 Å². The molecule has 0 spiro atoms. The van der Waals surface area contributed by atoms with Crippen LogP contribution >= 0.6 is 44.0 Å². The second-order valence-corrected chi connectivity index (χ2v) is 13.3. The lowest BCUT2D eigenvalue weighted by atomic mass is 9.44. The molecule has 1 N–H and O–H groups in total. The topological polar surface area (TPSA) is 80.7 Å². The summed E-state index contributed by atoms with van der Waals surface area (Å²) in [5, 5.41) is 12.7. The van der Waals surface area contributed by atoms with Crippen molar-refractivity contribution in [2.75, 3.05) is 0 Å². The summed E-state index contributed by atoms with van der Waals surface area (Å²) in [5.41, 5.74) is -7.31. The Morgan fingerprint density at radius 1 is 1.31 bits per heavy atom. The highest BCUT2D eigenvalue weighted by Crippen LogP contribution is 2.72. The highest BCUT2D eigenvalue weighted by atomic mass is 35.5. The minimum atomic E-state index is -2.31. The predicted octanol–water partition coefficient (Wildman–Crippen LogP) is 4.80. The first-order valence-electron chi connectivity index (χ1n) is 11.4. The molecule has 192 valence electrons. The van der Waals surface area contributed by atoms with Crippen LogP contribution in [0.5, 0.6) is 0 Å². The third-order valence-corrected chi connectivity index (χ3v) is 10.6. The molecular weight excluding hydrogens is 540 g/mol. The molecule has 4 rings (SSSR count). The van der Waals surface area contributed by atoms with Gasteiger partial charge < -0.3 is 9.84 Å². The fourth-order valence-corrected chi connectivity index (χ4v) is 8.95. The summed E-state index contributed by atoms with van der Waals surface area (Å²) < 4.78 is 38.6. The molecule has 4 aliphatic rings. The summed E-state index contributed by atoms with van der Waals surface area (Å²) in [6, 6.07) is 0. The minimum Gasteiger partial charge on any atom is -0.448 e. The van der Waals surface area contributed by atoms with Crippen LogP contribution in [-0.2, 0) is 19.1 Å². The van der Waals surface area contributed by atoms with Crippen LogP contribution in [-0.4, -0.2) is 55.9 Å². The third kappa shape index (κ3) is 3.49. The van der Waals surface area contributed by atoms with Crippen LogP contribution in [0.1, 0.15) is 40.0 Å². The van der Waals surface area contributed by atoms with Crippen LogP contribution < -0.4 is 0 Å². The van der Waals surface area contributed by atoms with Gasteiger partial charge in [-0.15, -0.1) is 0 Å². The van der Waals surface area contributed by atoms with Gasteiger partial charge >= 0.3 is 5.97 Å².